The third kappa shape index (κ3) is 4.37. The molecule has 3 amide bonds. The molecule has 8 heteroatoms. The second kappa shape index (κ2) is 10.1. The van der Waals surface area contributed by atoms with Gasteiger partial charge in [-0.15, -0.1) is 11.8 Å². The Hall–Kier alpha value is -2.06. The second-order valence-corrected chi connectivity index (χ2v) is 12.7. The van der Waals surface area contributed by atoms with Gasteiger partial charge in [-0.25, -0.2) is 0 Å². The lowest BCUT2D eigenvalue weighted by atomic mass is 9.66. The van der Waals surface area contributed by atoms with Crippen molar-refractivity contribution in [3.8, 4) is 0 Å². The molecule has 1 aromatic rings. The van der Waals surface area contributed by atoms with E-state index in [9.17, 15) is 19.5 Å². The minimum atomic E-state index is -0.692. The molecular formula is C27H39N3O4S. The lowest BCUT2D eigenvalue weighted by molar-refractivity contribution is -0.143. The maximum Gasteiger partial charge on any atom is 0.244 e. The van der Waals surface area contributed by atoms with E-state index >= 15 is 0 Å². The Labute approximate surface area is 212 Å². The quantitative estimate of drug-likeness (QED) is 0.427. The lowest BCUT2D eigenvalue weighted by Gasteiger charge is -2.38. The van der Waals surface area contributed by atoms with Crippen molar-refractivity contribution in [2.24, 2.45) is 17.8 Å². The van der Waals surface area contributed by atoms with E-state index in [2.05, 4.69) is 24.5 Å². The van der Waals surface area contributed by atoms with Gasteiger partial charge < -0.3 is 20.6 Å². The Kier molecular flexibility index (Phi) is 7.53. The Balaban J connectivity index is 1.70. The standard InChI is InChI=1S/C27H39N3O4S/c1-5-6-10-15-28-24(33)22-27-14-13-26(4,35-27)20(23(32)29-18-11-8-7-9-12-18)21(27)25(34)30(22)19(16-31)17(2)3/h7-9,11-12,17,19-22,31H,5-6,10,13-16H2,1-4H3,(H,28,33)(H,29,32)/t19-,20+,21-,22?,26-,27?/m0/s1. The molecule has 3 aliphatic heterocycles. The number of para-hydroxylation sites is 1. The molecule has 35 heavy (non-hydrogen) atoms. The van der Waals surface area contributed by atoms with E-state index in [1.54, 1.807) is 16.7 Å². The first-order chi connectivity index (χ1) is 16.7. The number of aliphatic hydroxyl groups excluding tert-OH is 1. The molecule has 3 N–H and O–H groups in total. The number of aliphatic hydroxyl groups is 1. The zero-order chi connectivity index (χ0) is 25.4. The Morgan fingerprint density at radius 2 is 1.89 bits per heavy atom. The topological polar surface area (TPSA) is 98.7 Å². The summed E-state index contributed by atoms with van der Waals surface area (Å²) in [7, 11) is 0. The molecule has 2 unspecified atom stereocenters. The highest BCUT2D eigenvalue weighted by atomic mass is 32.2. The van der Waals surface area contributed by atoms with Gasteiger partial charge in [0.25, 0.3) is 0 Å². The summed E-state index contributed by atoms with van der Waals surface area (Å²) in [4.78, 5) is 43.1. The summed E-state index contributed by atoms with van der Waals surface area (Å²) in [6.45, 7) is 8.46. The number of unbranched alkanes of at least 4 members (excludes halogenated alkanes) is 2. The van der Waals surface area contributed by atoms with Crippen molar-refractivity contribution in [3.05, 3.63) is 30.3 Å². The van der Waals surface area contributed by atoms with Gasteiger partial charge in [0.2, 0.25) is 17.7 Å². The number of carbonyl (C=O) groups excluding carboxylic acids is 3. The normalized spacial score (nSPS) is 32.1. The van der Waals surface area contributed by atoms with Crippen molar-refractivity contribution in [2.45, 2.75) is 81.4 Å². The number of thioether (sulfide) groups is 1. The molecule has 192 valence electrons. The van der Waals surface area contributed by atoms with Crippen molar-refractivity contribution in [1.82, 2.24) is 10.2 Å². The van der Waals surface area contributed by atoms with E-state index in [1.807, 2.05) is 44.2 Å². The number of fused-ring (bicyclic) bond motifs is 1. The number of hydrogen-bond acceptors (Lipinski definition) is 5. The molecule has 4 rings (SSSR count). The molecule has 3 aliphatic rings. The van der Waals surface area contributed by atoms with Crippen LogP contribution in [-0.2, 0) is 14.4 Å². The van der Waals surface area contributed by atoms with E-state index in [1.165, 1.54) is 0 Å². The van der Waals surface area contributed by atoms with Crippen LogP contribution in [0.4, 0.5) is 5.69 Å². The maximum atomic E-state index is 14.1. The number of amides is 3. The first-order valence-electron chi connectivity index (χ1n) is 13.0. The van der Waals surface area contributed by atoms with Crippen LogP contribution in [0.1, 0.15) is 59.8 Å². The number of carbonyl (C=O) groups is 3. The van der Waals surface area contributed by atoms with E-state index in [0.717, 1.165) is 25.7 Å². The van der Waals surface area contributed by atoms with E-state index in [4.69, 9.17) is 0 Å². The fourth-order valence-electron chi connectivity index (χ4n) is 6.47. The van der Waals surface area contributed by atoms with E-state index in [-0.39, 0.29) is 30.2 Å². The molecular weight excluding hydrogens is 462 g/mol. The van der Waals surface area contributed by atoms with Crippen LogP contribution in [0.3, 0.4) is 0 Å². The smallest absolute Gasteiger partial charge is 0.244 e. The third-order valence-corrected chi connectivity index (χ3v) is 10.2. The van der Waals surface area contributed by atoms with Gasteiger partial charge in [-0.2, -0.15) is 0 Å². The van der Waals surface area contributed by atoms with Crippen molar-refractivity contribution in [3.63, 3.8) is 0 Å². The highest BCUT2D eigenvalue weighted by molar-refractivity contribution is 8.02. The Bertz CT molecular complexity index is 957. The summed E-state index contributed by atoms with van der Waals surface area (Å²) < 4.78 is -1.08. The molecule has 0 saturated carbocycles. The Morgan fingerprint density at radius 1 is 1.17 bits per heavy atom. The van der Waals surface area contributed by atoms with Gasteiger partial charge >= 0.3 is 0 Å². The van der Waals surface area contributed by atoms with Crippen molar-refractivity contribution < 1.29 is 19.5 Å². The Morgan fingerprint density at radius 3 is 2.51 bits per heavy atom. The SMILES string of the molecule is CCCCCNC(=O)C1N([C@@H](CO)C(C)C)C(=O)[C@@H]2[C@H](C(=O)Nc3ccccc3)[C@]3(C)CCC12S3. The van der Waals surface area contributed by atoms with Crippen molar-refractivity contribution in [1.29, 1.82) is 0 Å². The molecule has 0 aromatic heterocycles. The van der Waals surface area contributed by atoms with Crippen LogP contribution in [0.5, 0.6) is 0 Å². The molecule has 3 fully saturated rings. The van der Waals surface area contributed by atoms with Crippen molar-refractivity contribution in [2.75, 3.05) is 18.5 Å². The molecule has 1 spiro atoms. The van der Waals surface area contributed by atoms with Gasteiger partial charge in [0.1, 0.15) is 6.04 Å². The highest BCUT2D eigenvalue weighted by Crippen LogP contribution is 2.71. The lowest BCUT2D eigenvalue weighted by Crippen LogP contribution is -2.57. The third-order valence-electron chi connectivity index (χ3n) is 8.18. The summed E-state index contributed by atoms with van der Waals surface area (Å²) in [5.41, 5.74) is 0.700. The van der Waals surface area contributed by atoms with Crippen LogP contribution in [0, 0.1) is 17.8 Å². The summed E-state index contributed by atoms with van der Waals surface area (Å²) in [6.07, 6.45) is 4.45. The molecule has 6 atom stereocenters. The number of benzene rings is 1. The summed E-state index contributed by atoms with van der Waals surface area (Å²) in [6, 6.07) is 8.14. The molecule has 0 aliphatic carbocycles. The number of hydrogen-bond donors (Lipinski definition) is 3. The predicted molar refractivity (Wildman–Crippen MR) is 139 cm³/mol. The molecule has 1 aromatic carbocycles. The number of likely N-dealkylation sites (tertiary alicyclic amines) is 1. The first kappa shape index (κ1) is 26.0. The van der Waals surface area contributed by atoms with E-state index in [0.29, 0.717) is 18.7 Å². The van der Waals surface area contributed by atoms with Gasteiger partial charge in [0, 0.05) is 17.0 Å². The van der Waals surface area contributed by atoms with Gasteiger partial charge in [-0.05, 0) is 44.2 Å². The number of rotatable bonds is 10. The average Bonchev–Trinajstić information content (AvgIpc) is 3.39. The average molecular weight is 502 g/mol. The molecule has 2 bridgehead atoms. The zero-order valence-electron chi connectivity index (χ0n) is 21.3. The summed E-state index contributed by atoms with van der Waals surface area (Å²) in [5, 5.41) is 16.4. The van der Waals surface area contributed by atoms with Gasteiger partial charge in [0.15, 0.2) is 0 Å². The second-order valence-electron chi connectivity index (χ2n) is 10.8. The number of nitrogens with one attached hydrogen (secondary N) is 2. The van der Waals surface area contributed by atoms with Gasteiger partial charge in [-0.3, -0.25) is 14.4 Å². The fraction of sp³-hybridized carbons (Fsp3) is 0.667. The van der Waals surface area contributed by atoms with Crippen LogP contribution in [0.15, 0.2) is 30.3 Å². The van der Waals surface area contributed by atoms with Crippen LogP contribution in [0.25, 0.3) is 0 Å². The molecule has 3 saturated heterocycles. The molecule has 0 radical (unpaired) electrons. The fourth-order valence-corrected chi connectivity index (χ4v) is 8.81. The van der Waals surface area contributed by atoms with Gasteiger partial charge in [0.05, 0.1) is 29.2 Å². The number of nitrogens with zero attached hydrogens (tertiary/aromatic N) is 1. The summed E-state index contributed by atoms with van der Waals surface area (Å²) in [5.74, 6) is -1.65. The maximum absolute atomic E-state index is 14.1. The first-order valence-corrected chi connectivity index (χ1v) is 13.8. The minimum Gasteiger partial charge on any atom is -0.394 e. The van der Waals surface area contributed by atoms with Crippen LogP contribution < -0.4 is 10.6 Å². The largest absolute Gasteiger partial charge is 0.394 e. The predicted octanol–water partition coefficient (Wildman–Crippen LogP) is 3.43. The monoisotopic (exact) mass is 501 g/mol. The molecule has 3 heterocycles. The zero-order valence-corrected chi connectivity index (χ0v) is 22.1. The van der Waals surface area contributed by atoms with Gasteiger partial charge in [-0.1, -0.05) is 51.8 Å². The highest BCUT2D eigenvalue weighted by Gasteiger charge is 2.77. The molecule has 7 nitrogen and oxygen atoms in total. The van der Waals surface area contributed by atoms with Crippen LogP contribution >= 0.6 is 11.8 Å². The minimum absolute atomic E-state index is 0.0241. The van der Waals surface area contributed by atoms with E-state index < -0.39 is 33.4 Å². The van der Waals surface area contributed by atoms with Crippen LogP contribution in [-0.4, -0.2) is 62.5 Å². The summed E-state index contributed by atoms with van der Waals surface area (Å²) >= 11 is 1.66. The van der Waals surface area contributed by atoms with Crippen molar-refractivity contribution >= 4 is 35.2 Å². The number of anilines is 1. The van der Waals surface area contributed by atoms with Crippen LogP contribution in [0.2, 0.25) is 0 Å².